The first-order valence-electron chi connectivity index (χ1n) is 9.52. The van der Waals surface area contributed by atoms with E-state index in [1.165, 1.54) is 4.90 Å². The average molecular weight is 385 g/mol. The zero-order valence-electron chi connectivity index (χ0n) is 15.6. The van der Waals surface area contributed by atoms with Gasteiger partial charge in [-0.1, -0.05) is 6.07 Å². The SMILES string of the molecule is O=C(/C=C/c1ccc2c(c1)OCO2)N1CCN(CC(=O)N2CCCC2=O)CC1. The summed E-state index contributed by atoms with van der Waals surface area (Å²) in [6, 6.07) is 5.54. The van der Waals surface area contributed by atoms with E-state index in [2.05, 4.69) is 0 Å². The van der Waals surface area contributed by atoms with Crippen molar-refractivity contribution in [1.82, 2.24) is 14.7 Å². The lowest BCUT2D eigenvalue weighted by atomic mass is 10.2. The van der Waals surface area contributed by atoms with Gasteiger partial charge in [0.1, 0.15) is 0 Å². The number of ether oxygens (including phenoxy) is 2. The number of carbonyl (C=O) groups excluding carboxylic acids is 3. The molecular weight excluding hydrogens is 362 g/mol. The van der Waals surface area contributed by atoms with E-state index in [0.717, 1.165) is 12.0 Å². The minimum absolute atomic E-state index is 0.0571. The van der Waals surface area contributed by atoms with Crippen LogP contribution in [0.3, 0.4) is 0 Å². The van der Waals surface area contributed by atoms with E-state index in [1.54, 1.807) is 17.1 Å². The Morgan fingerprint density at radius 3 is 2.57 bits per heavy atom. The summed E-state index contributed by atoms with van der Waals surface area (Å²) in [5.74, 6) is 1.13. The predicted octanol–water partition coefficient (Wildman–Crippen LogP) is 0.722. The molecule has 8 nitrogen and oxygen atoms in total. The van der Waals surface area contributed by atoms with Crippen molar-refractivity contribution in [2.75, 3.05) is 46.1 Å². The van der Waals surface area contributed by atoms with E-state index < -0.39 is 0 Å². The minimum Gasteiger partial charge on any atom is -0.454 e. The lowest BCUT2D eigenvalue weighted by molar-refractivity contribution is -0.142. The van der Waals surface area contributed by atoms with Crippen LogP contribution in [-0.2, 0) is 14.4 Å². The monoisotopic (exact) mass is 385 g/mol. The van der Waals surface area contributed by atoms with E-state index in [-0.39, 0.29) is 31.1 Å². The highest BCUT2D eigenvalue weighted by atomic mass is 16.7. The van der Waals surface area contributed by atoms with Crippen LogP contribution in [0.4, 0.5) is 0 Å². The molecule has 0 atom stereocenters. The van der Waals surface area contributed by atoms with Crippen LogP contribution in [0.25, 0.3) is 6.08 Å². The third-order valence-corrected chi connectivity index (χ3v) is 5.23. The van der Waals surface area contributed by atoms with E-state index in [0.29, 0.717) is 50.6 Å². The molecular formula is C20H23N3O5. The van der Waals surface area contributed by atoms with Crippen molar-refractivity contribution in [2.24, 2.45) is 0 Å². The first-order chi connectivity index (χ1) is 13.6. The average Bonchev–Trinajstić information content (AvgIpc) is 3.34. The molecule has 0 saturated carbocycles. The quantitative estimate of drug-likeness (QED) is 0.711. The van der Waals surface area contributed by atoms with Crippen LogP contribution in [0.1, 0.15) is 18.4 Å². The Balaban J connectivity index is 1.26. The number of carbonyl (C=O) groups is 3. The zero-order valence-corrected chi connectivity index (χ0v) is 15.6. The van der Waals surface area contributed by atoms with Crippen LogP contribution in [-0.4, -0.2) is 78.5 Å². The van der Waals surface area contributed by atoms with Crippen LogP contribution < -0.4 is 9.47 Å². The number of rotatable bonds is 4. The molecule has 2 saturated heterocycles. The molecule has 0 spiro atoms. The molecule has 0 aliphatic carbocycles. The number of likely N-dealkylation sites (tertiary alicyclic amines) is 1. The summed E-state index contributed by atoms with van der Waals surface area (Å²) in [4.78, 5) is 41.4. The van der Waals surface area contributed by atoms with Gasteiger partial charge in [0.15, 0.2) is 11.5 Å². The number of nitrogens with zero attached hydrogens (tertiary/aromatic N) is 3. The third-order valence-electron chi connectivity index (χ3n) is 5.23. The van der Waals surface area contributed by atoms with Gasteiger partial charge < -0.3 is 14.4 Å². The fourth-order valence-electron chi connectivity index (χ4n) is 3.60. The van der Waals surface area contributed by atoms with Crippen molar-refractivity contribution in [3.05, 3.63) is 29.8 Å². The summed E-state index contributed by atoms with van der Waals surface area (Å²) in [6.07, 6.45) is 4.53. The van der Waals surface area contributed by atoms with Gasteiger partial charge in [0.05, 0.1) is 6.54 Å². The molecule has 148 valence electrons. The van der Waals surface area contributed by atoms with Gasteiger partial charge in [-0.3, -0.25) is 24.2 Å². The van der Waals surface area contributed by atoms with Gasteiger partial charge in [0, 0.05) is 45.2 Å². The topological polar surface area (TPSA) is 79.4 Å². The number of benzene rings is 1. The molecule has 1 aromatic rings. The summed E-state index contributed by atoms with van der Waals surface area (Å²) < 4.78 is 10.6. The second-order valence-electron chi connectivity index (χ2n) is 7.09. The second kappa shape index (κ2) is 8.02. The summed E-state index contributed by atoms with van der Waals surface area (Å²) in [5.41, 5.74) is 0.872. The standard InChI is InChI=1S/C20H23N3O5/c24-18(6-4-15-3-5-16-17(12-15)28-14-27-16)22-10-8-21(9-11-22)13-20(26)23-7-1-2-19(23)25/h3-6,12H,1-2,7-11,13-14H2/b6-4+. The molecule has 2 fully saturated rings. The van der Waals surface area contributed by atoms with Gasteiger partial charge >= 0.3 is 0 Å². The largest absolute Gasteiger partial charge is 0.454 e. The molecule has 0 N–H and O–H groups in total. The van der Waals surface area contributed by atoms with Gasteiger partial charge in [0.2, 0.25) is 24.5 Å². The van der Waals surface area contributed by atoms with Gasteiger partial charge in [-0.15, -0.1) is 0 Å². The minimum atomic E-state index is -0.134. The summed E-state index contributed by atoms with van der Waals surface area (Å²) >= 11 is 0. The first kappa shape index (κ1) is 18.5. The fraction of sp³-hybridized carbons (Fsp3) is 0.450. The van der Waals surface area contributed by atoms with Crippen molar-refractivity contribution in [1.29, 1.82) is 0 Å². The number of hydrogen-bond acceptors (Lipinski definition) is 6. The van der Waals surface area contributed by atoms with E-state index >= 15 is 0 Å². The van der Waals surface area contributed by atoms with E-state index in [9.17, 15) is 14.4 Å². The highest BCUT2D eigenvalue weighted by molar-refractivity contribution is 5.97. The molecule has 3 aliphatic rings. The fourth-order valence-corrected chi connectivity index (χ4v) is 3.60. The van der Waals surface area contributed by atoms with E-state index in [1.807, 2.05) is 23.1 Å². The number of fused-ring (bicyclic) bond motifs is 1. The molecule has 3 aliphatic heterocycles. The molecule has 0 radical (unpaired) electrons. The van der Waals surface area contributed by atoms with Gasteiger partial charge in [-0.25, -0.2) is 0 Å². The number of hydrogen-bond donors (Lipinski definition) is 0. The smallest absolute Gasteiger partial charge is 0.246 e. The molecule has 3 heterocycles. The molecule has 0 aromatic heterocycles. The maximum atomic E-state index is 12.4. The van der Waals surface area contributed by atoms with Crippen molar-refractivity contribution in [3.63, 3.8) is 0 Å². The highest BCUT2D eigenvalue weighted by Gasteiger charge is 2.29. The van der Waals surface area contributed by atoms with Crippen LogP contribution in [0.2, 0.25) is 0 Å². The molecule has 3 amide bonds. The normalized spacial score (nSPS) is 19.6. The Kier molecular flexibility index (Phi) is 5.29. The molecule has 4 rings (SSSR count). The van der Waals surface area contributed by atoms with Gasteiger partial charge in [0.25, 0.3) is 0 Å². The molecule has 1 aromatic carbocycles. The highest BCUT2D eigenvalue weighted by Crippen LogP contribution is 2.32. The Labute approximate surface area is 163 Å². The number of imide groups is 1. The Hall–Kier alpha value is -2.87. The molecule has 0 unspecified atom stereocenters. The lowest BCUT2D eigenvalue weighted by Gasteiger charge is -2.34. The number of piperazine rings is 1. The van der Waals surface area contributed by atoms with Gasteiger partial charge in [-0.2, -0.15) is 0 Å². The predicted molar refractivity (Wildman–Crippen MR) is 101 cm³/mol. The molecule has 0 bridgehead atoms. The zero-order chi connectivity index (χ0) is 19.5. The van der Waals surface area contributed by atoms with Crippen LogP contribution in [0.15, 0.2) is 24.3 Å². The Morgan fingerprint density at radius 2 is 1.82 bits per heavy atom. The van der Waals surface area contributed by atoms with Crippen molar-refractivity contribution < 1.29 is 23.9 Å². The van der Waals surface area contributed by atoms with Gasteiger partial charge in [-0.05, 0) is 30.2 Å². The molecule has 8 heteroatoms. The van der Waals surface area contributed by atoms with Crippen molar-refractivity contribution in [3.8, 4) is 11.5 Å². The summed E-state index contributed by atoms with van der Waals surface area (Å²) in [5, 5.41) is 0. The van der Waals surface area contributed by atoms with Crippen LogP contribution >= 0.6 is 0 Å². The maximum absolute atomic E-state index is 12.4. The van der Waals surface area contributed by atoms with E-state index in [4.69, 9.17) is 9.47 Å². The Morgan fingerprint density at radius 1 is 1.04 bits per heavy atom. The van der Waals surface area contributed by atoms with Crippen molar-refractivity contribution >= 4 is 23.8 Å². The second-order valence-corrected chi connectivity index (χ2v) is 7.09. The molecule has 28 heavy (non-hydrogen) atoms. The lowest BCUT2D eigenvalue weighted by Crippen LogP contribution is -2.51. The van der Waals surface area contributed by atoms with Crippen molar-refractivity contribution in [2.45, 2.75) is 12.8 Å². The van der Waals surface area contributed by atoms with Crippen LogP contribution in [0.5, 0.6) is 11.5 Å². The Bertz CT molecular complexity index is 814. The number of amides is 3. The maximum Gasteiger partial charge on any atom is 0.246 e. The van der Waals surface area contributed by atoms with Crippen LogP contribution in [0, 0.1) is 0 Å². The third kappa shape index (κ3) is 4.01. The summed E-state index contributed by atoms with van der Waals surface area (Å²) in [7, 11) is 0. The summed E-state index contributed by atoms with van der Waals surface area (Å²) in [6.45, 7) is 3.35. The first-order valence-corrected chi connectivity index (χ1v) is 9.52.